The van der Waals surface area contributed by atoms with Crippen LogP contribution >= 0.6 is 0 Å². The second-order valence-corrected chi connectivity index (χ2v) is 10.3. The summed E-state index contributed by atoms with van der Waals surface area (Å²) in [6.07, 6.45) is -3.17. The lowest BCUT2D eigenvalue weighted by atomic mass is 9.68. The number of benzene rings is 1. The predicted octanol–water partition coefficient (Wildman–Crippen LogP) is 3.86. The highest BCUT2D eigenvalue weighted by Gasteiger charge is 2.55. The Morgan fingerprint density at radius 2 is 1.75 bits per heavy atom. The first-order valence-corrected chi connectivity index (χ1v) is 10.3. The number of aliphatic hydroxyl groups excluding tert-OH is 2. The van der Waals surface area contributed by atoms with Crippen LogP contribution in [0.15, 0.2) is 17.0 Å². The molecule has 158 valence electrons. The van der Waals surface area contributed by atoms with Gasteiger partial charge >= 0.3 is 5.51 Å². The normalized spacial score (nSPS) is 29.5. The van der Waals surface area contributed by atoms with Crippen molar-refractivity contribution in [2.75, 3.05) is 0 Å². The molecule has 0 amide bonds. The monoisotopic (exact) mass is 428 g/mol. The zero-order valence-corrected chi connectivity index (χ0v) is 16.0. The Balaban J connectivity index is 2.23. The molecule has 0 aromatic heterocycles. The van der Waals surface area contributed by atoms with Crippen LogP contribution in [0.5, 0.6) is 0 Å². The molecule has 4 nitrogen and oxygen atoms in total. The smallest absolute Gasteiger partial charge is 0.392 e. The van der Waals surface area contributed by atoms with E-state index in [2.05, 4.69) is 0 Å². The average molecular weight is 428 g/mol. The molecule has 3 atom stereocenters. The molecule has 0 aliphatic heterocycles. The van der Waals surface area contributed by atoms with E-state index in [0.29, 0.717) is 25.3 Å². The SMILES string of the molecule is CC1(C)CC[C@@H](O)[C@H](c2ccc(S(=O)(=O)C(F)(F)F)c3c2CC(F)(F)[C@H]3O)C1. The summed E-state index contributed by atoms with van der Waals surface area (Å²) >= 11 is 0. The van der Waals surface area contributed by atoms with Crippen molar-refractivity contribution in [3.05, 3.63) is 28.8 Å². The van der Waals surface area contributed by atoms with E-state index in [0.717, 1.165) is 6.07 Å². The highest BCUT2D eigenvalue weighted by atomic mass is 32.2. The van der Waals surface area contributed by atoms with Gasteiger partial charge in [-0.25, -0.2) is 17.2 Å². The van der Waals surface area contributed by atoms with E-state index in [1.54, 1.807) is 0 Å². The van der Waals surface area contributed by atoms with Crippen molar-refractivity contribution in [3.8, 4) is 0 Å². The molecule has 1 aromatic carbocycles. The molecule has 0 heterocycles. The van der Waals surface area contributed by atoms with Crippen LogP contribution < -0.4 is 0 Å². The average Bonchev–Trinajstić information content (AvgIpc) is 2.78. The van der Waals surface area contributed by atoms with Crippen LogP contribution in [-0.4, -0.2) is 36.2 Å². The first-order chi connectivity index (χ1) is 12.6. The second-order valence-electron chi connectivity index (χ2n) is 8.42. The van der Waals surface area contributed by atoms with Gasteiger partial charge in [0.2, 0.25) is 0 Å². The Hall–Kier alpha value is -1.26. The number of hydrogen-bond donors (Lipinski definition) is 2. The molecule has 0 bridgehead atoms. The summed E-state index contributed by atoms with van der Waals surface area (Å²) in [5, 5.41) is 20.4. The quantitative estimate of drug-likeness (QED) is 0.702. The zero-order chi connectivity index (χ0) is 21.3. The van der Waals surface area contributed by atoms with Gasteiger partial charge in [-0.1, -0.05) is 19.9 Å². The summed E-state index contributed by atoms with van der Waals surface area (Å²) < 4.78 is 91.3. The minimum atomic E-state index is -5.92. The fourth-order valence-electron chi connectivity index (χ4n) is 4.30. The van der Waals surface area contributed by atoms with Gasteiger partial charge in [0.05, 0.1) is 11.0 Å². The molecular formula is C18H21F5O4S. The summed E-state index contributed by atoms with van der Waals surface area (Å²) in [5.41, 5.74) is -6.97. The van der Waals surface area contributed by atoms with E-state index >= 15 is 0 Å². The van der Waals surface area contributed by atoms with E-state index in [4.69, 9.17) is 0 Å². The number of alkyl halides is 5. The third-order valence-corrected chi connectivity index (χ3v) is 7.33. The van der Waals surface area contributed by atoms with E-state index in [1.165, 1.54) is 0 Å². The van der Waals surface area contributed by atoms with Crippen molar-refractivity contribution in [1.29, 1.82) is 0 Å². The lowest BCUT2D eigenvalue weighted by Gasteiger charge is -2.39. The van der Waals surface area contributed by atoms with E-state index in [9.17, 15) is 40.6 Å². The van der Waals surface area contributed by atoms with Gasteiger partial charge in [-0.05, 0) is 41.9 Å². The van der Waals surface area contributed by atoms with Gasteiger partial charge in [0.1, 0.15) is 6.10 Å². The Labute approximate surface area is 159 Å². The number of halogens is 5. The molecule has 0 unspecified atom stereocenters. The maximum absolute atomic E-state index is 14.2. The highest BCUT2D eigenvalue weighted by Crippen LogP contribution is 2.52. The zero-order valence-electron chi connectivity index (χ0n) is 15.2. The van der Waals surface area contributed by atoms with Crippen LogP contribution in [0, 0.1) is 5.41 Å². The molecule has 0 saturated heterocycles. The standard InChI is InChI=1S/C18H21F5O4S/c1-16(2)6-5-12(24)10(7-16)9-3-4-13(28(26,27)18(21,22)23)14-11(9)8-17(19,20)15(14)25/h3-4,10,12,15,24-25H,5-8H2,1-2H3/t10-,12+,15-/m0/s1. The van der Waals surface area contributed by atoms with Gasteiger partial charge in [0.25, 0.3) is 15.8 Å². The van der Waals surface area contributed by atoms with Crippen LogP contribution in [0.3, 0.4) is 0 Å². The van der Waals surface area contributed by atoms with Gasteiger partial charge < -0.3 is 10.2 Å². The fraction of sp³-hybridized carbons (Fsp3) is 0.667. The van der Waals surface area contributed by atoms with Crippen LogP contribution in [0.1, 0.15) is 61.8 Å². The number of sulfone groups is 1. The third-order valence-electron chi connectivity index (χ3n) is 5.79. The molecule has 0 radical (unpaired) electrons. The van der Waals surface area contributed by atoms with Gasteiger partial charge in [0, 0.05) is 17.9 Å². The minimum absolute atomic E-state index is 0.174. The number of fused-ring (bicyclic) bond motifs is 1. The van der Waals surface area contributed by atoms with Crippen molar-refractivity contribution < 1.29 is 40.6 Å². The Bertz CT molecular complexity index is 892. The van der Waals surface area contributed by atoms with Crippen molar-refractivity contribution in [2.45, 2.75) is 74.0 Å². The minimum Gasteiger partial charge on any atom is -0.392 e. The van der Waals surface area contributed by atoms with Crippen molar-refractivity contribution in [1.82, 2.24) is 0 Å². The highest BCUT2D eigenvalue weighted by molar-refractivity contribution is 7.92. The lowest BCUT2D eigenvalue weighted by Crippen LogP contribution is -2.32. The van der Waals surface area contributed by atoms with Crippen LogP contribution in [-0.2, 0) is 16.3 Å². The Morgan fingerprint density at radius 3 is 2.32 bits per heavy atom. The molecule has 0 spiro atoms. The van der Waals surface area contributed by atoms with E-state index < -0.39 is 56.3 Å². The third kappa shape index (κ3) is 3.33. The van der Waals surface area contributed by atoms with Crippen LogP contribution in [0.2, 0.25) is 0 Å². The number of aliphatic hydroxyl groups is 2. The maximum atomic E-state index is 14.2. The Morgan fingerprint density at radius 1 is 1.14 bits per heavy atom. The Kier molecular flexibility index (Phi) is 4.88. The molecule has 10 heteroatoms. The molecule has 1 aromatic rings. The topological polar surface area (TPSA) is 74.6 Å². The summed E-state index contributed by atoms with van der Waals surface area (Å²) in [6.45, 7) is 3.86. The molecule has 1 fully saturated rings. The fourth-order valence-corrected chi connectivity index (χ4v) is 5.32. The van der Waals surface area contributed by atoms with Crippen molar-refractivity contribution in [2.24, 2.45) is 5.41 Å². The van der Waals surface area contributed by atoms with Crippen molar-refractivity contribution >= 4 is 9.84 Å². The van der Waals surface area contributed by atoms with Gasteiger partial charge in [-0.15, -0.1) is 0 Å². The molecular weight excluding hydrogens is 407 g/mol. The molecule has 2 aliphatic carbocycles. The summed E-state index contributed by atoms with van der Waals surface area (Å²) in [4.78, 5) is -1.35. The van der Waals surface area contributed by atoms with E-state index in [1.807, 2.05) is 13.8 Å². The van der Waals surface area contributed by atoms with Crippen LogP contribution in [0.25, 0.3) is 0 Å². The second kappa shape index (κ2) is 6.37. The van der Waals surface area contributed by atoms with Crippen LogP contribution in [0.4, 0.5) is 22.0 Å². The summed E-state index contributed by atoms with van der Waals surface area (Å²) in [5.74, 6) is -4.44. The molecule has 3 rings (SSSR count). The largest absolute Gasteiger partial charge is 0.501 e. The van der Waals surface area contributed by atoms with Crippen molar-refractivity contribution in [3.63, 3.8) is 0 Å². The first kappa shape index (κ1) is 21.4. The summed E-state index contributed by atoms with van der Waals surface area (Å²) in [6, 6.07) is 1.69. The lowest BCUT2D eigenvalue weighted by molar-refractivity contribution is -0.0978. The van der Waals surface area contributed by atoms with Gasteiger partial charge in [-0.2, -0.15) is 13.2 Å². The molecule has 28 heavy (non-hydrogen) atoms. The van der Waals surface area contributed by atoms with E-state index in [-0.39, 0.29) is 16.5 Å². The van der Waals surface area contributed by atoms with Gasteiger partial charge in [-0.3, -0.25) is 0 Å². The predicted molar refractivity (Wildman–Crippen MR) is 89.7 cm³/mol. The first-order valence-electron chi connectivity index (χ1n) is 8.79. The maximum Gasteiger partial charge on any atom is 0.501 e. The molecule has 1 saturated carbocycles. The molecule has 2 aliphatic rings. The number of rotatable bonds is 2. The summed E-state index contributed by atoms with van der Waals surface area (Å²) in [7, 11) is -5.92. The molecule has 2 N–H and O–H groups in total. The van der Waals surface area contributed by atoms with Gasteiger partial charge in [0.15, 0.2) is 0 Å². The number of hydrogen-bond acceptors (Lipinski definition) is 4.